The molecule has 0 fully saturated rings. The summed E-state index contributed by atoms with van der Waals surface area (Å²) in [6.45, 7) is 2.67. The Morgan fingerprint density at radius 3 is 2.65 bits per heavy atom. The maximum Gasteiger partial charge on any atom is 0.321 e. The molecule has 0 aliphatic heterocycles. The highest BCUT2D eigenvalue weighted by Crippen LogP contribution is 2.15. The van der Waals surface area contributed by atoms with Gasteiger partial charge in [0.2, 0.25) is 5.91 Å². The third-order valence-electron chi connectivity index (χ3n) is 2.90. The van der Waals surface area contributed by atoms with E-state index in [1.54, 1.807) is 6.07 Å². The molecule has 1 unspecified atom stereocenters. The normalized spacial score (nSPS) is 11.9. The van der Waals surface area contributed by atoms with Crippen LogP contribution in [0.15, 0.2) is 24.3 Å². The van der Waals surface area contributed by atoms with E-state index in [1.807, 2.05) is 25.1 Å². The lowest BCUT2D eigenvalue weighted by molar-refractivity contribution is -0.141. The van der Waals surface area contributed by atoms with Gasteiger partial charge < -0.3 is 21.5 Å². The number of carboxylic acid groups (broad SMARTS) is 1. The Labute approximate surface area is 118 Å². The van der Waals surface area contributed by atoms with Crippen LogP contribution in [0.4, 0.5) is 5.69 Å². The fourth-order valence-electron chi connectivity index (χ4n) is 1.84. The van der Waals surface area contributed by atoms with Crippen molar-refractivity contribution in [2.24, 2.45) is 5.73 Å². The molecule has 5 N–H and O–H groups in total. The first kappa shape index (κ1) is 16.1. The number of nitrogens with one attached hydrogen (secondary N) is 2. The first-order chi connectivity index (χ1) is 9.58. The molecule has 1 amide bonds. The molecule has 1 aromatic rings. The maximum atomic E-state index is 11.9. The molecule has 110 valence electrons. The summed E-state index contributed by atoms with van der Waals surface area (Å²) in [5.41, 5.74) is 7.05. The average molecular weight is 279 g/mol. The first-order valence-corrected chi connectivity index (χ1v) is 6.62. The highest BCUT2D eigenvalue weighted by molar-refractivity contribution is 5.94. The number of para-hydroxylation sites is 1. The number of hydrogen-bond acceptors (Lipinski definition) is 4. The van der Waals surface area contributed by atoms with Crippen molar-refractivity contribution >= 4 is 17.6 Å². The van der Waals surface area contributed by atoms with Crippen molar-refractivity contribution in [3.63, 3.8) is 0 Å². The predicted octanol–water partition coefficient (Wildman–Crippen LogP) is 0.579. The Morgan fingerprint density at radius 2 is 2.05 bits per heavy atom. The van der Waals surface area contributed by atoms with E-state index in [0.29, 0.717) is 13.1 Å². The third-order valence-corrected chi connectivity index (χ3v) is 2.90. The quantitative estimate of drug-likeness (QED) is 0.557. The van der Waals surface area contributed by atoms with Gasteiger partial charge in [-0.25, -0.2) is 0 Å². The number of carbonyl (C=O) groups excluding carboxylic acids is 1. The van der Waals surface area contributed by atoms with E-state index in [-0.39, 0.29) is 12.3 Å². The molecule has 0 aromatic heterocycles. The van der Waals surface area contributed by atoms with Crippen molar-refractivity contribution in [2.75, 3.05) is 18.4 Å². The molecule has 1 atom stereocenters. The molecule has 0 spiro atoms. The van der Waals surface area contributed by atoms with Gasteiger partial charge in [0.1, 0.15) is 6.04 Å². The number of rotatable bonds is 8. The van der Waals surface area contributed by atoms with Crippen LogP contribution in [-0.4, -0.2) is 36.1 Å². The summed E-state index contributed by atoms with van der Waals surface area (Å²) in [5.74, 6) is -1.39. The van der Waals surface area contributed by atoms with E-state index in [1.165, 1.54) is 0 Å². The highest BCUT2D eigenvalue weighted by Gasteiger charge is 2.20. The number of aliphatic carboxylic acids is 1. The van der Waals surface area contributed by atoms with Crippen LogP contribution in [0, 0.1) is 0 Å². The van der Waals surface area contributed by atoms with Crippen LogP contribution in [0.5, 0.6) is 0 Å². The molecule has 20 heavy (non-hydrogen) atoms. The number of hydrogen-bond donors (Lipinski definition) is 4. The fourth-order valence-corrected chi connectivity index (χ4v) is 1.84. The number of nitrogens with two attached hydrogens (primary N) is 1. The maximum absolute atomic E-state index is 11.9. The summed E-state index contributed by atoms with van der Waals surface area (Å²) in [4.78, 5) is 22.9. The van der Waals surface area contributed by atoms with Gasteiger partial charge in [0.25, 0.3) is 0 Å². The summed E-state index contributed by atoms with van der Waals surface area (Å²) in [6, 6.07) is 6.54. The molecule has 0 saturated heterocycles. The lowest BCUT2D eigenvalue weighted by atomic mass is 10.1. The topological polar surface area (TPSA) is 104 Å². The monoisotopic (exact) mass is 279 g/mol. The van der Waals surface area contributed by atoms with Crippen LogP contribution >= 0.6 is 0 Å². The molecule has 6 heteroatoms. The zero-order valence-corrected chi connectivity index (χ0v) is 11.6. The molecule has 1 aromatic carbocycles. The molecule has 0 radical (unpaired) electrons. The largest absolute Gasteiger partial charge is 0.480 e. The lowest BCUT2D eigenvalue weighted by Gasteiger charge is -2.15. The second-order valence-electron chi connectivity index (χ2n) is 4.40. The number of anilines is 1. The van der Waals surface area contributed by atoms with Crippen molar-refractivity contribution < 1.29 is 14.7 Å². The Morgan fingerprint density at radius 1 is 1.35 bits per heavy atom. The van der Waals surface area contributed by atoms with Gasteiger partial charge in [0, 0.05) is 18.8 Å². The smallest absolute Gasteiger partial charge is 0.321 e. The first-order valence-electron chi connectivity index (χ1n) is 6.62. The van der Waals surface area contributed by atoms with Crippen molar-refractivity contribution in [1.29, 1.82) is 0 Å². The number of benzene rings is 1. The molecular formula is C14H21N3O3. The van der Waals surface area contributed by atoms with Gasteiger partial charge in [-0.3, -0.25) is 9.59 Å². The Kier molecular flexibility index (Phi) is 6.69. The summed E-state index contributed by atoms with van der Waals surface area (Å²) in [5, 5.41) is 14.5. The van der Waals surface area contributed by atoms with Crippen molar-refractivity contribution in [3.8, 4) is 0 Å². The number of aryl methyl sites for hydroxylation is 1. The molecule has 0 saturated carbocycles. The van der Waals surface area contributed by atoms with E-state index in [9.17, 15) is 9.59 Å². The summed E-state index contributed by atoms with van der Waals surface area (Å²) >= 11 is 0. The van der Waals surface area contributed by atoms with Gasteiger partial charge in [-0.1, -0.05) is 25.1 Å². The van der Waals surface area contributed by atoms with Gasteiger partial charge in [-0.15, -0.1) is 0 Å². The molecule has 1 rings (SSSR count). The summed E-state index contributed by atoms with van der Waals surface area (Å²) < 4.78 is 0. The zero-order chi connectivity index (χ0) is 15.0. The van der Waals surface area contributed by atoms with Crippen LogP contribution in [0.2, 0.25) is 0 Å². The predicted molar refractivity (Wildman–Crippen MR) is 77.5 cm³/mol. The minimum Gasteiger partial charge on any atom is -0.480 e. The Balaban J connectivity index is 2.63. The van der Waals surface area contributed by atoms with Crippen molar-refractivity contribution in [3.05, 3.63) is 29.8 Å². The van der Waals surface area contributed by atoms with Crippen LogP contribution < -0.4 is 16.4 Å². The van der Waals surface area contributed by atoms with Crippen LogP contribution in [0.3, 0.4) is 0 Å². The molecule has 6 nitrogen and oxygen atoms in total. The summed E-state index contributed by atoms with van der Waals surface area (Å²) in [7, 11) is 0. The van der Waals surface area contributed by atoms with Crippen LogP contribution in [0.25, 0.3) is 0 Å². The zero-order valence-electron chi connectivity index (χ0n) is 11.6. The minimum atomic E-state index is -1.06. The molecule has 0 aliphatic rings. The number of amides is 1. The van der Waals surface area contributed by atoms with E-state index in [0.717, 1.165) is 17.7 Å². The van der Waals surface area contributed by atoms with Gasteiger partial charge in [0.05, 0.1) is 6.42 Å². The molecule has 0 bridgehead atoms. The van der Waals surface area contributed by atoms with Gasteiger partial charge in [-0.05, 0) is 18.1 Å². The standard InChI is InChI=1S/C14H21N3O3/c1-2-10-5-3-4-6-11(10)17-13(18)9-12(14(19)20)16-8-7-15/h3-6,12,16H,2,7-9,15H2,1H3,(H,17,18)(H,19,20). The van der Waals surface area contributed by atoms with Crippen LogP contribution in [0.1, 0.15) is 18.9 Å². The Bertz CT molecular complexity index is 463. The van der Waals surface area contributed by atoms with Crippen molar-refractivity contribution in [1.82, 2.24) is 5.32 Å². The lowest BCUT2D eigenvalue weighted by Crippen LogP contribution is -2.41. The second kappa shape index (κ2) is 8.29. The molecule has 0 heterocycles. The Hall–Kier alpha value is -1.92. The van der Waals surface area contributed by atoms with Gasteiger partial charge in [-0.2, -0.15) is 0 Å². The SMILES string of the molecule is CCc1ccccc1NC(=O)CC(NCCN)C(=O)O. The second-order valence-corrected chi connectivity index (χ2v) is 4.40. The van der Waals surface area contributed by atoms with Crippen LogP contribution in [-0.2, 0) is 16.0 Å². The molecule has 0 aliphatic carbocycles. The fraction of sp³-hybridized carbons (Fsp3) is 0.429. The van der Waals surface area contributed by atoms with E-state index < -0.39 is 12.0 Å². The number of carbonyl (C=O) groups is 2. The minimum absolute atomic E-state index is 0.132. The average Bonchev–Trinajstić information content (AvgIpc) is 2.43. The van der Waals surface area contributed by atoms with E-state index in [4.69, 9.17) is 10.8 Å². The molecular weight excluding hydrogens is 258 g/mol. The van der Waals surface area contributed by atoms with Gasteiger partial charge in [0.15, 0.2) is 0 Å². The van der Waals surface area contributed by atoms with E-state index in [2.05, 4.69) is 10.6 Å². The number of carboxylic acids is 1. The summed E-state index contributed by atoms with van der Waals surface area (Å²) in [6.07, 6.45) is 0.664. The highest BCUT2D eigenvalue weighted by atomic mass is 16.4. The van der Waals surface area contributed by atoms with Gasteiger partial charge >= 0.3 is 5.97 Å². The van der Waals surface area contributed by atoms with E-state index >= 15 is 0 Å². The third kappa shape index (κ3) is 4.99. The van der Waals surface area contributed by atoms with Crippen molar-refractivity contribution in [2.45, 2.75) is 25.8 Å².